The molecule has 1 aliphatic heterocycles. The van der Waals surface area contributed by atoms with E-state index < -0.39 is 0 Å². The van der Waals surface area contributed by atoms with E-state index in [1.807, 2.05) is 17.0 Å². The van der Waals surface area contributed by atoms with Gasteiger partial charge in [-0.25, -0.2) is 0 Å². The Balaban J connectivity index is 1.56. The van der Waals surface area contributed by atoms with Crippen LogP contribution in [0.5, 0.6) is 0 Å². The molecule has 0 spiro atoms. The molecule has 3 rings (SSSR count). The molecule has 0 fully saturated rings. The van der Waals surface area contributed by atoms with Crippen molar-refractivity contribution < 1.29 is 4.79 Å². The second-order valence-corrected chi connectivity index (χ2v) is 5.98. The van der Waals surface area contributed by atoms with Crippen LogP contribution in [0, 0.1) is 11.3 Å². The highest BCUT2D eigenvalue weighted by Crippen LogP contribution is 2.24. The molecule has 0 radical (unpaired) electrons. The minimum Gasteiger partial charge on any atom is -0.376 e. The fourth-order valence-electron chi connectivity index (χ4n) is 2.41. The van der Waals surface area contributed by atoms with Crippen molar-refractivity contribution >= 4 is 22.9 Å². The second kappa shape index (κ2) is 5.98. The maximum atomic E-state index is 12.2. The van der Waals surface area contributed by atoms with Crippen molar-refractivity contribution in [2.24, 2.45) is 0 Å². The molecule has 0 bridgehead atoms. The zero-order valence-corrected chi connectivity index (χ0v) is 12.3. The average molecular weight is 297 g/mol. The van der Waals surface area contributed by atoms with Gasteiger partial charge in [0.1, 0.15) is 0 Å². The lowest BCUT2D eigenvalue weighted by molar-refractivity contribution is -0.130. The summed E-state index contributed by atoms with van der Waals surface area (Å²) in [6, 6.07) is 11.3. The third kappa shape index (κ3) is 3.06. The molecule has 0 saturated carbocycles. The van der Waals surface area contributed by atoms with E-state index >= 15 is 0 Å². The standard InChI is InChI=1S/C16H15N3OS/c17-9-12-1-3-14(4-2-12)18-10-16(20)19-7-5-15-13(11-19)6-8-21-15/h1-4,6,8,18H,5,7,10-11H2. The summed E-state index contributed by atoms with van der Waals surface area (Å²) in [5, 5.41) is 14.0. The lowest BCUT2D eigenvalue weighted by Gasteiger charge is -2.27. The first-order chi connectivity index (χ1) is 10.3. The fraction of sp³-hybridized carbons (Fsp3) is 0.250. The minimum absolute atomic E-state index is 0.108. The number of carbonyl (C=O) groups is 1. The van der Waals surface area contributed by atoms with Crippen LogP contribution in [0.15, 0.2) is 35.7 Å². The highest BCUT2D eigenvalue weighted by atomic mass is 32.1. The van der Waals surface area contributed by atoms with Crippen LogP contribution in [-0.2, 0) is 17.8 Å². The van der Waals surface area contributed by atoms with Crippen LogP contribution >= 0.6 is 11.3 Å². The molecule has 1 amide bonds. The van der Waals surface area contributed by atoms with E-state index in [9.17, 15) is 4.79 Å². The van der Waals surface area contributed by atoms with Crippen LogP contribution in [0.3, 0.4) is 0 Å². The Labute approximate surface area is 127 Å². The maximum Gasteiger partial charge on any atom is 0.242 e. The van der Waals surface area contributed by atoms with E-state index in [1.54, 1.807) is 23.5 Å². The highest BCUT2D eigenvalue weighted by Gasteiger charge is 2.20. The number of hydrogen-bond donors (Lipinski definition) is 1. The Hall–Kier alpha value is -2.32. The SMILES string of the molecule is N#Cc1ccc(NCC(=O)N2CCc3sccc3C2)cc1. The van der Waals surface area contributed by atoms with Gasteiger partial charge in [0.2, 0.25) is 5.91 Å². The van der Waals surface area contributed by atoms with E-state index in [1.165, 1.54) is 10.4 Å². The van der Waals surface area contributed by atoms with E-state index in [2.05, 4.69) is 22.8 Å². The second-order valence-electron chi connectivity index (χ2n) is 4.98. The number of nitrogens with one attached hydrogen (secondary N) is 1. The zero-order valence-electron chi connectivity index (χ0n) is 11.5. The van der Waals surface area contributed by atoms with Gasteiger partial charge in [-0.15, -0.1) is 11.3 Å². The molecule has 1 aromatic carbocycles. The van der Waals surface area contributed by atoms with Gasteiger partial charge in [-0.1, -0.05) is 0 Å². The van der Waals surface area contributed by atoms with E-state index in [4.69, 9.17) is 5.26 Å². The molecule has 2 heterocycles. The molecule has 1 N–H and O–H groups in total. The molecule has 5 heteroatoms. The summed E-state index contributed by atoms with van der Waals surface area (Å²) < 4.78 is 0. The van der Waals surface area contributed by atoms with E-state index in [0.717, 1.165) is 18.7 Å². The fourth-order valence-corrected chi connectivity index (χ4v) is 3.30. The molecular formula is C16H15N3OS. The Morgan fingerprint density at radius 3 is 2.90 bits per heavy atom. The lowest BCUT2D eigenvalue weighted by Crippen LogP contribution is -2.38. The summed E-state index contributed by atoms with van der Waals surface area (Å²) >= 11 is 1.77. The maximum absolute atomic E-state index is 12.2. The number of rotatable bonds is 3. The number of nitriles is 1. The molecule has 0 unspecified atom stereocenters. The summed E-state index contributed by atoms with van der Waals surface area (Å²) in [7, 11) is 0. The molecule has 4 nitrogen and oxygen atoms in total. The molecule has 1 aliphatic rings. The number of carbonyl (C=O) groups excluding carboxylic acids is 1. The van der Waals surface area contributed by atoms with Crippen molar-refractivity contribution in [3.63, 3.8) is 0 Å². The Kier molecular flexibility index (Phi) is 3.89. The Bertz CT molecular complexity index is 684. The van der Waals surface area contributed by atoms with Crippen LogP contribution in [0.2, 0.25) is 0 Å². The van der Waals surface area contributed by atoms with Gasteiger partial charge in [0.05, 0.1) is 18.2 Å². The predicted molar refractivity (Wildman–Crippen MR) is 83.1 cm³/mol. The zero-order chi connectivity index (χ0) is 14.7. The number of benzene rings is 1. The molecule has 106 valence electrons. The number of nitrogens with zero attached hydrogens (tertiary/aromatic N) is 2. The molecule has 2 aromatic rings. The van der Waals surface area contributed by atoms with Crippen molar-refractivity contribution in [2.45, 2.75) is 13.0 Å². The molecule has 21 heavy (non-hydrogen) atoms. The lowest BCUT2D eigenvalue weighted by atomic mass is 10.1. The van der Waals surface area contributed by atoms with Crippen LogP contribution in [-0.4, -0.2) is 23.9 Å². The number of fused-ring (bicyclic) bond motifs is 1. The van der Waals surface area contributed by atoms with Crippen molar-refractivity contribution in [1.82, 2.24) is 4.90 Å². The first kappa shape index (κ1) is 13.7. The van der Waals surface area contributed by atoms with Crippen molar-refractivity contribution in [1.29, 1.82) is 5.26 Å². The topological polar surface area (TPSA) is 56.1 Å². The number of hydrogen-bond acceptors (Lipinski definition) is 4. The van der Waals surface area contributed by atoms with Crippen LogP contribution < -0.4 is 5.32 Å². The van der Waals surface area contributed by atoms with E-state index in [-0.39, 0.29) is 12.5 Å². The van der Waals surface area contributed by atoms with Gasteiger partial charge in [-0.3, -0.25) is 4.79 Å². The molecule has 0 saturated heterocycles. The van der Waals surface area contributed by atoms with Gasteiger partial charge in [-0.2, -0.15) is 5.26 Å². The third-order valence-electron chi connectivity index (χ3n) is 3.62. The number of amides is 1. The quantitative estimate of drug-likeness (QED) is 0.947. The number of thiophene rings is 1. The average Bonchev–Trinajstić information content (AvgIpc) is 3.00. The summed E-state index contributed by atoms with van der Waals surface area (Å²) in [5.41, 5.74) is 2.75. The molecular weight excluding hydrogens is 282 g/mol. The van der Waals surface area contributed by atoms with Crippen molar-refractivity contribution in [2.75, 3.05) is 18.4 Å². The van der Waals surface area contributed by atoms with Gasteiger partial charge in [0, 0.05) is 23.7 Å². The highest BCUT2D eigenvalue weighted by molar-refractivity contribution is 7.10. The molecule has 0 aliphatic carbocycles. The largest absolute Gasteiger partial charge is 0.376 e. The van der Waals surface area contributed by atoms with Crippen molar-refractivity contribution in [3.05, 3.63) is 51.7 Å². The van der Waals surface area contributed by atoms with Crippen LogP contribution in [0.25, 0.3) is 0 Å². The smallest absolute Gasteiger partial charge is 0.242 e. The molecule has 0 atom stereocenters. The van der Waals surface area contributed by atoms with Gasteiger partial charge < -0.3 is 10.2 Å². The van der Waals surface area contributed by atoms with Crippen LogP contribution in [0.4, 0.5) is 5.69 Å². The summed E-state index contributed by atoms with van der Waals surface area (Å²) in [4.78, 5) is 15.5. The Morgan fingerprint density at radius 1 is 1.33 bits per heavy atom. The minimum atomic E-state index is 0.108. The summed E-state index contributed by atoms with van der Waals surface area (Å²) in [6.07, 6.45) is 0.954. The normalized spacial score (nSPS) is 13.4. The Morgan fingerprint density at radius 2 is 2.14 bits per heavy atom. The van der Waals surface area contributed by atoms with Gasteiger partial charge in [-0.05, 0) is 47.7 Å². The summed E-state index contributed by atoms with van der Waals surface area (Å²) in [5.74, 6) is 0.108. The number of anilines is 1. The predicted octanol–water partition coefficient (Wildman–Crippen LogP) is 2.62. The first-order valence-electron chi connectivity index (χ1n) is 6.83. The van der Waals surface area contributed by atoms with Crippen molar-refractivity contribution in [3.8, 4) is 6.07 Å². The third-order valence-corrected chi connectivity index (χ3v) is 4.64. The van der Waals surface area contributed by atoms with E-state index in [0.29, 0.717) is 12.1 Å². The summed E-state index contributed by atoms with van der Waals surface area (Å²) in [6.45, 7) is 1.79. The van der Waals surface area contributed by atoms with Gasteiger partial charge in [0.25, 0.3) is 0 Å². The molecule has 1 aromatic heterocycles. The monoisotopic (exact) mass is 297 g/mol. The first-order valence-corrected chi connectivity index (χ1v) is 7.71. The van der Waals surface area contributed by atoms with Gasteiger partial charge >= 0.3 is 0 Å². The van der Waals surface area contributed by atoms with Gasteiger partial charge in [0.15, 0.2) is 0 Å². The van der Waals surface area contributed by atoms with Crippen LogP contribution in [0.1, 0.15) is 16.0 Å².